The smallest absolute Gasteiger partial charge is 0.00307 e. The predicted molar refractivity (Wildman–Crippen MR) is 189 cm³/mol. The minimum atomic E-state index is 0.242. The summed E-state index contributed by atoms with van der Waals surface area (Å²) in [7, 11) is 0. The van der Waals surface area contributed by atoms with Crippen molar-refractivity contribution in [3.63, 3.8) is 0 Å². The first kappa shape index (κ1) is 28.8. The average molecular weight is 583 g/mol. The van der Waals surface area contributed by atoms with E-state index in [4.69, 9.17) is 0 Å². The molecule has 8 saturated carbocycles. The fourth-order valence-electron chi connectivity index (χ4n) is 15.6. The average Bonchev–Trinajstić information content (AvgIpc) is 2.92. The maximum absolute atomic E-state index is 4.19. The maximum Gasteiger partial charge on any atom is -0.00307 e. The summed E-state index contributed by atoms with van der Waals surface area (Å²) in [5.41, 5.74) is 11.0. The first-order chi connectivity index (χ1) is 20.7. The van der Waals surface area contributed by atoms with Crippen LogP contribution in [0, 0.1) is 32.5 Å². The SMILES string of the molecule is C=Cc1cc(C=C)cc(C23CC4(C)CC(C)(C2)CC(C25CC6(C)CC(C)(CC(c7cc(C=C)cc(C=C)c7)(C6)C2)C5)(C4)C3)c1. The topological polar surface area (TPSA) is 0 Å². The summed E-state index contributed by atoms with van der Waals surface area (Å²) >= 11 is 0. The van der Waals surface area contributed by atoms with Gasteiger partial charge in [-0.3, -0.25) is 0 Å². The number of hydrogen-bond donors (Lipinski definition) is 0. The Morgan fingerprint density at radius 3 is 0.909 bits per heavy atom. The van der Waals surface area contributed by atoms with Crippen molar-refractivity contribution in [3.05, 3.63) is 96.1 Å². The van der Waals surface area contributed by atoms with Gasteiger partial charge in [0.05, 0.1) is 0 Å². The van der Waals surface area contributed by atoms with Crippen LogP contribution in [0.4, 0.5) is 0 Å². The van der Waals surface area contributed by atoms with E-state index in [0.29, 0.717) is 32.5 Å². The highest BCUT2D eigenvalue weighted by atomic mass is 14.8. The summed E-state index contributed by atoms with van der Waals surface area (Å²) in [5, 5.41) is 0. The van der Waals surface area contributed by atoms with Crippen molar-refractivity contribution >= 4 is 24.3 Å². The van der Waals surface area contributed by atoms with E-state index in [1.54, 1.807) is 11.1 Å². The molecule has 2 aromatic carbocycles. The van der Waals surface area contributed by atoms with Crippen molar-refractivity contribution in [1.82, 2.24) is 0 Å². The normalized spacial score (nSPS) is 46.2. The van der Waals surface area contributed by atoms with Gasteiger partial charge in [0.15, 0.2) is 0 Å². The molecule has 0 aliphatic heterocycles. The minimum absolute atomic E-state index is 0.242. The van der Waals surface area contributed by atoms with E-state index in [0.717, 1.165) is 0 Å². The lowest BCUT2D eigenvalue weighted by Gasteiger charge is -2.80. The minimum Gasteiger partial charge on any atom is -0.0985 e. The van der Waals surface area contributed by atoms with Crippen LogP contribution >= 0.6 is 0 Å². The monoisotopic (exact) mass is 582 g/mol. The van der Waals surface area contributed by atoms with Crippen LogP contribution < -0.4 is 0 Å². The van der Waals surface area contributed by atoms with Gasteiger partial charge < -0.3 is 0 Å². The molecule has 0 amide bonds. The molecule has 8 aliphatic rings. The standard InChI is InChI=1S/C44H54/c1-9-31-13-32(10-2)16-35(15-31)41-21-37(5)19-38(6,22-41)26-43(25-37,29-41)44-27-39(7)20-40(8,28-44)24-42(23-39,30-44)36-17-33(11-3)14-34(12-4)18-36/h9-18H,1-4,19-30H2,5-8H3. The third-order valence-corrected chi connectivity index (χ3v) is 14.4. The zero-order valence-corrected chi connectivity index (χ0v) is 28.1. The Morgan fingerprint density at radius 2 is 0.659 bits per heavy atom. The molecule has 0 heteroatoms. The molecule has 4 unspecified atom stereocenters. The van der Waals surface area contributed by atoms with Gasteiger partial charge in [-0.25, -0.2) is 0 Å². The molecule has 4 atom stereocenters. The largest absolute Gasteiger partial charge is 0.0985 e. The van der Waals surface area contributed by atoms with Gasteiger partial charge in [-0.05, 0) is 166 Å². The second-order valence-electron chi connectivity index (χ2n) is 19.1. The fourth-order valence-corrected chi connectivity index (χ4v) is 15.6. The van der Waals surface area contributed by atoms with Gasteiger partial charge in [0, 0.05) is 0 Å². The van der Waals surface area contributed by atoms with Crippen LogP contribution in [-0.4, -0.2) is 0 Å². The molecule has 0 aromatic heterocycles. The lowest BCUT2D eigenvalue weighted by molar-refractivity contribution is -0.275. The van der Waals surface area contributed by atoms with Crippen LogP contribution in [0.3, 0.4) is 0 Å². The van der Waals surface area contributed by atoms with Gasteiger partial charge in [0.25, 0.3) is 0 Å². The van der Waals surface area contributed by atoms with Crippen molar-refractivity contribution in [3.8, 4) is 0 Å². The third kappa shape index (κ3) is 3.88. The van der Waals surface area contributed by atoms with Crippen molar-refractivity contribution in [2.45, 2.75) is 116 Å². The highest BCUT2D eigenvalue weighted by Gasteiger charge is 2.76. The summed E-state index contributed by atoms with van der Waals surface area (Å²) < 4.78 is 0. The highest BCUT2D eigenvalue weighted by molar-refractivity contribution is 5.60. The van der Waals surface area contributed by atoms with Crippen molar-refractivity contribution in [2.75, 3.05) is 0 Å². The molecule has 8 fully saturated rings. The van der Waals surface area contributed by atoms with Crippen LogP contribution in [0.25, 0.3) is 24.3 Å². The van der Waals surface area contributed by atoms with Crippen molar-refractivity contribution < 1.29 is 0 Å². The van der Waals surface area contributed by atoms with E-state index in [1.165, 1.54) is 99.3 Å². The Labute approximate surface area is 267 Å². The maximum atomic E-state index is 4.19. The first-order valence-corrected chi connectivity index (χ1v) is 17.5. The Kier molecular flexibility index (Phi) is 5.64. The lowest BCUT2D eigenvalue weighted by Crippen LogP contribution is -2.71. The zero-order valence-electron chi connectivity index (χ0n) is 28.1. The highest BCUT2D eigenvalue weighted by Crippen LogP contribution is 2.85. The van der Waals surface area contributed by atoms with E-state index in [-0.39, 0.29) is 10.8 Å². The number of hydrogen-bond acceptors (Lipinski definition) is 0. The van der Waals surface area contributed by atoms with Crippen LogP contribution in [0.1, 0.15) is 138 Å². The second-order valence-corrected chi connectivity index (χ2v) is 19.1. The van der Waals surface area contributed by atoms with Crippen LogP contribution in [-0.2, 0) is 10.8 Å². The van der Waals surface area contributed by atoms with E-state index >= 15 is 0 Å². The zero-order chi connectivity index (χ0) is 31.0. The molecule has 0 saturated heterocycles. The fraction of sp³-hybridized carbons (Fsp3) is 0.545. The molecule has 8 aliphatic carbocycles. The molecular weight excluding hydrogens is 528 g/mol. The lowest BCUT2D eigenvalue weighted by atomic mass is 9.24. The molecule has 10 rings (SSSR count). The Balaban J connectivity index is 1.32. The Morgan fingerprint density at radius 1 is 0.386 bits per heavy atom. The Hall–Kier alpha value is -2.60. The molecule has 0 spiro atoms. The molecule has 0 heterocycles. The molecule has 230 valence electrons. The van der Waals surface area contributed by atoms with Crippen LogP contribution in [0.15, 0.2) is 62.7 Å². The van der Waals surface area contributed by atoms with E-state index in [2.05, 4.69) is 115 Å². The molecule has 0 nitrogen and oxygen atoms in total. The van der Waals surface area contributed by atoms with Gasteiger partial charge in [-0.1, -0.05) is 103 Å². The van der Waals surface area contributed by atoms with Gasteiger partial charge >= 0.3 is 0 Å². The van der Waals surface area contributed by atoms with Gasteiger partial charge in [-0.2, -0.15) is 0 Å². The number of benzene rings is 2. The first-order valence-electron chi connectivity index (χ1n) is 17.5. The molecule has 44 heavy (non-hydrogen) atoms. The molecular formula is C44H54. The van der Waals surface area contributed by atoms with Gasteiger partial charge in [0.2, 0.25) is 0 Å². The van der Waals surface area contributed by atoms with Gasteiger partial charge in [0.1, 0.15) is 0 Å². The quantitative estimate of drug-likeness (QED) is 0.305. The second kappa shape index (κ2) is 8.60. The molecule has 0 N–H and O–H groups in total. The molecule has 2 aromatic rings. The van der Waals surface area contributed by atoms with E-state index < -0.39 is 0 Å². The summed E-state index contributed by atoms with van der Waals surface area (Å²) in [5.74, 6) is 0. The summed E-state index contributed by atoms with van der Waals surface area (Å²) in [6.45, 7) is 27.5. The summed E-state index contributed by atoms with van der Waals surface area (Å²) in [6.07, 6.45) is 24.8. The summed E-state index contributed by atoms with van der Waals surface area (Å²) in [6, 6.07) is 14.6. The van der Waals surface area contributed by atoms with Crippen LogP contribution in [0.2, 0.25) is 0 Å². The third-order valence-electron chi connectivity index (χ3n) is 14.4. The number of rotatable bonds is 7. The van der Waals surface area contributed by atoms with Crippen molar-refractivity contribution in [2.24, 2.45) is 32.5 Å². The van der Waals surface area contributed by atoms with Crippen molar-refractivity contribution in [1.29, 1.82) is 0 Å². The Bertz CT molecular complexity index is 1420. The van der Waals surface area contributed by atoms with E-state index in [9.17, 15) is 0 Å². The predicted octanol–water partition coefficient (Wildman–Crippen LogP) is 12.2. The van der Waals surface area contributed by atoms with Gasteiger partial charge in [-0.15, -0.1) is 0 Å². The molecule has 0 radical (unpaired) electrons. The summed E-state index contributed by atoms with van der Waals surface area (Å²) in [4.78, 5) is 0. The molecule has 8 bridgehead atoms. The van der Waals surface area contributed by atoms with Crippen LogP contribution in [0.5, 0.6) is 0 Å². The van der Waals surface area contributed by atoms with E-state index in [1.807, 2.05) is 0 Å².